The van der Waals surface area contributed by atoms with Gasteiger partial charge in [0, 0.05) is 19.1 Å². The molecule has 1 aromatic heterocycles. The first-order valence-corrected chi connectivity index (χ1v) is 11.1. The van der Waals surface area contributed by atoms with E-state index in [9.17, 15) is 13.6 Å². The lowest BCUT2D eigenvalue weighted by molar-refractivity contribution is -0.139. The third kappa shape index (κ3) is 4.78. The Balaban J connectivity index is 1.30. The fourth-order valence-corrected chi connectivity index (χ4v) is 4.52. The van der Waals surface area contributed by atoms with Crippen LogP contribution >= 0.6 is 0 Å². The van der Waals surface area contributed by atoms with Crippen molar-refractivity contribution in [2.45, 2.75) is 57.7 Å². The molecule has 3 atom stereocenters. The molecular weight excluding hydrogens is 420 g/mol. The SMILES string of the molecule is CCOc1ccc(O[C@H](C)C(=O)N2CCC([C@@H]3C[C@H](C(F)F)n4ncnc4N3)CC2)cc1. The van der Waals surface area contributed by atoms with Crippen LogP contribution < -0.4 is 14.8 Å². The molecule has 10 heteroatoms. The van der Waals surface area contributed by atoms with Crippen LogP contribution in [0.5, 0.6) is 11.5 Å². The van der Waals surface area contributed by atoms with Crippen LogP contribution in [-0.4, -0.2) is 63.8 Å². The van der Waals surface area contributed by atoms with Crippen LogP contribution in [0.1, 0.15) is 39.2 Å². The average molecular weight is 450 g/mol. The molecule has 1 fully saturated rings. The van der Waals surface area contributed by atoms with E-state index in [-0.39, 0.29) is 17.9 Å². The molecule has 32 heavy (non-hydrogen) atoms. The van der Waals surface area contributed by atoms with Gasteiger partial charge in [-0.2, -0.15) is 10.1 Å². The number of amides is 1. The first-order valence-electron chi connectivity index (χ1n) is 11.1. The van der Waals surface area contributed by atoms with Gasteiger partial charge in [-0.25, -0.2) is 13.5 Å². The molecule has 1 aromatic carbocycles. The first kappa shape index (κ1) is 22.3. The number of nitrogens with zero attached hydrogens (tertiary/aromatic N) is 4. The van der Waals surface area contributed by atoms with Gasteiger partial charge in [0.05, 0.1) is 6.61 Å². The molecule has 1 saturated heterocycles. The summed E-state index contributed by atoms with van der Waals surface area (Å²) >= 11 is 0. The molecule has 2 aromatic rings. The van der Waals surface area contributed by atoms with Gasteiger partial charge in [0.1, 0.15) is 23.9 Å². The second-order valence-corrected chi connectivity index (χ2v) is 8.24. The average Bonchev–Trinajstić information content (AvgIpc) is 3.28. The van der Waals surface area contributed by atoms with Crippen molar-refractivity contribution < 1.29 is 23.0 Å². The zero-order chi connectivity index (χ0) is 22.7. The number of aromatic nitrogens is 3. The number of nitrogens with one attached hydrogen (secondary N) is 1. The summed E-state index contributed by atoms with van der Waals surface area (Å²) < 4.78 is 39.6. The van der Waals surface area contributed by atoms with Crippen molar-refractivity contribution in [3.05, 3.63) is 30.6 Å². The largest absolute Gasteiger partial charge is 0.494 e. The lowest BCUT2D eigenvalue weighted by Gasteiger charge is -2.40. The highest BCUT2D eigenvalue weighted by molar-refractivity contribution is 5.81. The van der Waals surface area contributed by atoms with E-state index in [0.717, 1.165) is 18.6 Å². The summed E-state index contributed by atoms with van der Waals surface area (Å²) in [5.41, 5.74) is 0. The van der Waals surface area contributed by atoms with Crippen LogP contribution in [0.15, 0.2) is 30.6 Å². The summed E-state index contributed by atoms with van der Waals surface area (Å²) in [4.78, 5) is 18.7. The first-order chi connectivity index (χ1) is 15.5. The minimum absolute atomic E-state index is 0.0702. The minimum atomic E-state index is -2.50. The summed E-state index contributed by atoms with van der Waals surface area (Å²) in [6.45, 7) is 5.40. The minimum Gasteiger partial charge on any atom is -0.494 e. The molecule has 0 spiro atoms. The van der Waals surface area contributed by atoms with Crippen LogP contribution in [0.2, 0.25) is 0 Å². The molecule has 0 radical (unpaired) electrons. The zero-order valence-corrected chi connectivity index (χ0v) is 18.3. The van der Waals surface area contributed by atoms with Crippen molar-refractivity contribution in [1.82, 2.24) is 19.7 Å². The molecule has 0 aliphatic carbocycles. The van der Waals surface area contributed by atoms with E-state index < -0.39 is 18.6 Å². The van der Waals surface area contributed by atoms with Gasteiger partial charge in [-0.05, 0) is 63.3 Å². The Hall–Kier alpha value is -2.91. The quantitative estimate of drug-likeness (QED) is 0.698. The molecule has 8 nitrogen and oxygen atoms in total. The van der Waals surface area contributed by atoms with E-state index in [2.05, 4.69) is 15.4 Å². The highest BCUT2D eigenvalue weighted by atomic mass is 19.3. The highest BCUT2D eigenvalue weighted by Gasteiger charge is 2.39. The second-order valence-electron chi connectivity index (χ2n) is 8.24. The molecule has 4 rings (SSSR count). The molecular formula is C22H29F2N5O3. The standard InChI is InChI=1S/C22H29F2N5O3/c1-3-31-16-4-6-17(7-5-16)32-14(2)21(30)28-10-8-15(9-11-28)18-12-19(20(23)24)29-22(27-18)25-13-26-29/h4-7,13-15,18-20H,3,8-12H2,1-2H3,(H,25,26,27)/t14-,18+,19-/m1/s1. The summed E-state index contributed by atoms with van der Waals surface area (Å²) in [6, 6.07) is 6.11. The molecule has 1 N–H and O–H groups in total. The Kier molecular flexibility index (Phi) is 6.76. The Morgan fingerprint density at radius 1 is 1.22 bits per heavy atom. The number of fused-ring (bicyclic) bond motifs is 1. The van der Waals surface area contributed by atoms with Gasteiger partial charge in [0.15, 0.2) is 6.10 Å². The summed E-state index contributed by atoms with van der Waals surface area (Å²) in [7, 11) is 0. The summed E-state index contributed by atoms with van der Waals surface area (Å²) in [6.07, 6.45) is -0.0368. The van der Waals surface area contributed by atoms with E-state index in [1.54, 1.807) is 24.0 Å². The van der Waals surface area contributed by atoms with Gasteiger partial charge in [0.2, 0.25) is 5.95 Å². The number of ether oxygens (including phenoxy) is 2. The van der Waals surface area contributed by atoms with Crippen LogP contribution in [0.25, 0.3) is 0 Å². The summed E-state index contributed by atoms with van der Waals surface area (Å²) in [5.74, 6) is 1.87. The van der Waals surface area contributed by atoms with Crippen molar-refractivity contribution in [3.8, 4) is 11.5 Å². The molecule has 0 saturated carbocycles. The van der Waals surface area contributed by atoms with Crippen molar-refractivity contribution in [1.29, 1.82) is 0 Å². The van der Waals surface area contributed by atoms with E-state index in [0.29, 0.717) is 37.8 Å². The molecule has 0 unspecified atom stereocenters. The number of carbonyl (C=O) groups excluding carboxylic acids is 1. The number of piperidine rings is 1. The van der Waals surface area contributed by atoms with Crippen LogP contribution in [-0.2, 0) is 4.79 Å². The predicted octanol–water partition coefficient (Wildman–Crippen LogP) is 3.37. The number of alkyl halides is 2. The maximum absolute atomic E-state index is 13.5. The monoisotopic (exact) mass is 449 g/mol. The number of carbonyl (C=O) groups is 1. The van der Waals surface area contributed by atoms with Crippen LogP contribution in [0.3, 0.4) is 0 Å². The normalized spacial score (nSPS) is 22.2. The van der Waals surface area contributed by atoms with Gasteiger partial charge < -0.3 is 19.7 Å². The molecule has 1 amide bonds. The van der Waals surface area contributed by atoms with Gasteiger partial charge in [-0.3, -0.25) is 4.79 Å². The molecule has 3 heterocycles. The smallest absolute Gasteiger partial charge is 0.263 e. The summed E-state index contributed by atoms with van der Waals surface area (Å²) in [5, 5.41) is 7.19. The second kappa shape index (κ2) is 9.70. The third-order valence-electron chi connectivity index (χ3n) is 6.20. The number of hydrogen-bond acceptors (Lipinski definition) is 6. The molecule has 0 bridgehead atoms. The Labute approximate surface area is 185 Å². The number of anilines is 1. The van der Waals surface area contributed by atoms with Crippen molar-refractivity contribution in [2.24, 2.45) is 5.92 Å². The van der Waals surface area contributed by atoms with Gasteiger partial charge in [0.25, 0.3) is 12.3 Å². The highest BCUT2D eigenvalue weighted by Crippen LogP contribution is 2.35. The van der Waals surface area contributed by atoms with E-state index in [4.69, 9.17) is 9.47 Å². The fourth-order valence-electron chi connectivity index (χ4n) is 4.52. The topological polar surface area (TPSA) is 81.5 Å². The molecule has 2 aliphatic rings. The van der Waals surface area contributed by atoms with Gasteiger partial charge in [-0.1, -0.05) is 0 Å². The van der Waals surface area contributed by atoms with Crippen molar-refractivity contribution in [3.63, 3.8) is 0 Å². The lowest BCUT2D eigenvalue weighted by Crippen LogP contribution is -2.48. The Bertz CT molecular complexity index is 899. The lowest BCUT2D eigenvalue weighted by atomic mass is 9.85. The van der Waals surface area contributed by atoms with E-state index in [1.165, 1.54) is 11.0 Å². The number of halogens is 2. The maximum atomic E-state index is 13.5. The van der Waals surface area contributed by atoms with Gasteiger partial charge >= 0.3 is 0 Å². The predicted molar refractivity (Wildman–Crippen MR) is 114 cm³/mol. The number of rotatable bonds is 7. The van der Waals surface area contributed by atoms with Crippen molar-refractivity contribution in [2.75, 3.05) is 25.0 Å². The molecule has 2 aliphatic heterocycles. The molecule has 174 valence electrons. The van der Waals surface area contributed by atoms with E-state index in [1.807, 2.05) is 19.1 Å². The fraction of sp³-hybridized carbons (Fsp3) is 0.591. The third-order valence-corrected chi connectivity index (χ3v) is 6.20. The van der Waals surface area contributed by atoms with Crippen molar-refractivity contribution >= 4 is 11.9 Å². The maximum Gasteiger partial charge on any atom is 0.263 e. The Morgan fingerprint density at radius 2 is 1.91 bits per heavy atom. The van der Waals surface area contributed by atoms with E-state index >= 15 is 0 Å². The Morgan fingerprint density at radius 3 is 2.56 bits per heavy atom. The van der Waals surface area contributed by atoms with Crippen LogP contribution in [0.4, 0.5) is 14.7 Å². The number of benzene rings is 1. The zero-order valence-electron chi connectivity index (χ0n) is 18.3. The van der Waals surface area contributed by atoms with Gasteiger partial charge in [-0.15, -0.1) is 0 Å². The number of hydrogen-bond donors (Lipinski definition) is 1. The van der Waals surface area contributed by atoms with Crippen LogP contribution in [0, 0.1) is 5.92 Å². The number of likely N-dealkylation sites (tertiary alicyclic amines) is 1.